The van der Waals surface area contributed by atoms with Crippen molar-refractivity contribution in [2.45, 2.75) is 18.9 Å². The summed E-state index contributed by atoms with van der Waals surface area (Å²) in [7, 11) is 0. The van der Waals surface area contributed by atoms with Crippen molar-refractivity contribution >= 4 is 23.2 Å². The van der Waals surface area contributed by atoms with Gasteiger partial charge in [-0.05, 0) is 48.7 Å². The first-order valence-electron chi connectivity index (χ1n) is 5.87. The van der Waals surface area contributed by atoms with Crippen LogP contribution in [0.15, 0.2) is 42.5 Å². The summed E-state index contributed by atoms with van der Waals surface area (Å²) in [4.78, 5) is 0. The second kappa shape index (κ2) is 5.49. The van der Waals surface area contributed by atoms with Crippen LogP contribution in [-0.2, 0) is 12.0 Å². The van der Waals surface area contributed by atoms with Crippen molar-refractivity contribution in [3.8, 4) is 0 Å². The van der Waals surface area contributed by atoms with E-state index < -0.39 is 5.54 Å². The van der Waals surface area contributed by atoms with Gasteiger partial charge in [-0.25, -0.2) is 4.39 Å². The molecule has 100 valence electrons. The Balaban J connectivity index is 2.30. The summed E-state index contributed by atoms with van der Waals surface area (Å²) in [5.74, 6) is -0.341. The van der Waals surface area contributed by atoms with Crippen molar-refractivity contribution in [3.63, 3.8) is 0 Å². The lowest BCUT2D eigenvalue weighted by Gasteiger charge is -2.26. The Labute approximate surface area is 122 Å². The number of hydrogen-bond donors (Lipinski definition) is 1. The Morgan fingerprint density at radius 1 is 1.11 bits per heavy atom. The molecule has 0 aliphatic carbocycles. The third-order valence-electron chi connectivity index (χ3n) is 3.06. The maximum atomic E-state index is 13.8. The highest BCUT2D eigenvalue weighted by molar-refractivity contribution is 6.30. The Bertz CT molecular complexity index is 596. The molecule has 1 nitrogen and oxygen atoms in total. The summed E-state index contributed by atoms with van der Waals surface area (Å²) < 4.78 is 13.8. The second-order valence-electron chi connectivity index (χ2n) is 4.84. The van der Waals surface area contributed by atoms with Gasteiger partial charge in [0.25, 0.3) is 0 Å². The molecule has 0 aliphatic rings. The quantitative estimate of drug-likeness (QED) is 0.884. The number of benzene rings is 2. The Hall–Kier alpha value is -1.09. The predicted molar refractivity (Wildman–Crippen MR) is 78.1 cm³/mol. The van der Waals surface area contributed by atoms with Crippen LogP contribution in [0, 0.1) is 5.82 Å². The van der Waals surface area contributed by atoms with E-state index in [-0.39, 0.29) is 5.82 Å². The van der Waals surface area contributed by atoms with Gasteiger partial charge in [-0.1, -0.05) is 41.4 Å². The highest BCUT2D eigenvalue weighted by Gasteiger charge is 2.23. The van der Waals surface area contributed by atoms with Gasteiger partial charge in [0.2, 0.25) is 0 Å². The molecule has 19 heavy (non-hydrogen) atoms. The van der Waals surface area contributed by atoms with Gasteiger partial charge in [0.1, 0.15) is 5.82 Å². The molecule has 2 rings (SSSR count). The van der Waals surface area contributed by atoms with E-state index in [4.69, 9.17) is 28.9 Å². The summed E-state index contributed by atoms with van der Waals surface area (Å²) in [6.45, 7) is 1.85. The molecule has 0 saturated heterocycles. The molecular formula is C15H14Cl2FN. The van der Waals surface area contributed by atoms with Gasteiger partial charge in [-0.2, -0.15) is 0 Å². The first-order chi connectivity index (χ1) is 8.88. The molecule has 0 heterocycles. The van der Waals surface area contributed by atoms with E-state index in [0.29, 0.717) is 22.0 Å². The largest absolute Gasteiger partial charge is 0.321 e. The van der Waals surface area contributed by atoms with Crippen LogP contribution in [0.5, 0.6) is 0 Å². The fourth-order valence-corrected chi connectivity index (χ4v) is 2.36. The van der Waals surface area contributed by atoms with Gasteiger partial charge in [-0.3, -0.25) is 0 Å². The van der Waals surface area contributed by atoms with Crippen LogP contribution in [0.3, 0.4) is 0 Å². The van der Waals surface area contributed by atoms with Crippen molar-refractivity contribution in [3.05, 3.63) is 69.5 Å². The minimum Gasteiger partial charge on any atom is -0.321 e. The molecule has 0 fully saturated rings. The Kier molecular flexibility index (Phi) is 4.14. The lowest BCUT2D eigenvalue weighted by Crippen LogP contribution is -2.35. The molecule has 1 unspecified atom stereocenters. The van der Waals surface area contributed by atoms with Gasteiger partial charge in [-0.15, -0.1) is 0 Å². The Morgan fingerprint density at radius 2 is 1.79 bits per heavy atom. The third kappa shape index (κ3) is 3.47. The first-order valence-corrected chi connectivity index (χ1v) is 6.63. The van der Waals surface area contributed by atoms with Crippen molar-refractivity contribution < 1.29 is 4.39 Å². The van der Waals surface area contributed by atoms with Gasteiger partial charge < -0.3 is 5.73 Å². The summed E-state index contributed by atoms with van der Waals surface area (Å²) in [5.41, 5.74) is 7.00. The lowest BCUT2D eigenvalue weighted by atomic mass is 9.86. The van der Waals surface area contributed by atoms with Crippen molar-refractivity contribution in [1.29, 1.82) is 0 Å². The zero-order valence-electron chi connectivity index (χ0n) is 10.5. The van der Waals surface area contributed by atoms with Gasteiger partial charge in [0, 0.05) is 15.6 Å². The fraction of sp³-hybridized carbons (Fsp3) is 0.200. The number of nitrogens with two attached hydrogens (primary N) is 1. The molecule has 0 bridgehead atoms. The lowest BCUT2D eigenvalue weighted by molar-refractivity contribution is 0.475. The van der Waals surface area contributed by atoms with E-state index in [0.717, 1.165) is 5.56 Å². The maximum Gasteiger partial charge on any atom is 0.127 e. The SMILES string of the molecule is CC(N)(Cc1ccc(Cl)cc1F)c1cccc(Cl)c1. The van der Waals surface area contributed by atoms with E-state index in [1.54, 1.807) is 24.3 Å². The topological polar surface area (TPSA) is 26.0 Å². The fourth-order valence-electron chi connectivity index (χ4n) is 2.01. The van der Waals surface area contributed by atoms with Crippen molar-refractivity contribution in [1.82, 2.24) is 0 Å². The highest BCUT2D eigenvalue weighted by atomic mass is 35.5. The van der Waals surface area contributed by atoms with Crippen molar-refractivity contribution in [2.24, 2.45) is 5.73 Å². The van der Waals surface area contributed by atoms with Crippen LogP contribution in [-0.4, -0.2) is 0 Å². The zero-order valence-corrected chi connectivity index (χ0v) is 12.0. The molecule has 2 aromatic rings. The van der Waals surface area contributed by atoms with Crippen LogP contribution in [0.25, 0.3) is 0 Å². The van der Waals surface area contributed by atoms with Crippen LogP contribution in [0.1, 0.15) is 18.1 Å². The molecule has 0 saturated carbocycles. The first kappa shape index (κ1) is 14.3. The average Bonchev–Trinajstić information content (AvgIpc) is 2.33. The van der Waals surface area contributed by atoms with E-state index in [9.17, 15) is 4.39 Å². The predicted octanol–water partition coefficient (Wildman–Crippen LogP) is 4.55. The minimum absolute atomic E-state index is 0.341. The highest BCUT2D eigenvalue weighted by Crippen LogP contribution is 2.27. The molecule has 0 amide bonds. The molecule has 0 aromatic heterocycles. The monoisotopic (exact) mass is 297 g/mol. The van der Waals surface area contributed by atoms with Crippen LogP contribution < -0.4 is 5.73 Å². The summed E-state index contributed by atoms with van der Waals surface area (Å²) in [6.07, 6.45) is 0.371. The number of rotatable bonds is 3. The average molecular weight is 298 g/mol. The van der Waals surface area contributed by atoms with Gasteiger partial charge >= 0.3 is 0 Å². The molecule has 4 heteroatoms. The van der Waals surface area contributed by atoms with Crippen LogP contribution in [0.4, 0.5) is 4.39 Å². The van der Waals surface area contributed by atoms with Gasteiger partial charge in [0.15, 0.2) is 0 Å². The molecular weight excluding hydrogens is 284 g/mol. The van der Waals surface area contributed by atoms with Crippen molar-refractivity contribution in [2.75, 3.05) is 0 Å². The maximum absolute atomic E-state index is 13.8. The standard InChI is InChI=1S/C15H14Cl2FN/c1-15(19,11-3-2-4-12(16)7-11)9-10-5-6-13(17)8-14(10)18/h2-8H,9,19H2,1H3. The van der Waals surface area contributed by atoms with Crippen LogP contribution >= 0.6 is 23.2 Å². The summed E-state index contributed by atoms with van der Waals surface area (Å²) in [6, 6.07) is 11.9. The zero-order chi connectivity index (χ0) is 14.0. The summed E-state index contributed by atoms with van der Waals surface area (Å²) in [5, 5.41) is 0.994. The van der Waals surface area contributed by atoms with Gasteiger partial charge in [0.05, 0.1) is 0 Å². The molecule has 0 aliphatic heterocycles. The van der Waals surface area contributed by atoms with E-state index >= 15 is 0 Å². The van der Waals surface area contributed by atoms with Crippen LogP contribution in [0.2, 0.25) is 10.0 Å². The van der Waals surface area contributed by atoms with E-state index in [2.05, 4.69) is 0 Å². The van der Waals surface area contributed by atoms with E-state index in [1.165, 1.54) is 6.07 Å². The summed E-state index contributed by atoms with van der Waals surface area (Å²) >= 11 is 11.7. The molecule has 1 atom stereocenters. The number of hydrogen-bond acceptors (Lipinski definition) is 1. The molecule has 2 aromatic carbocycles. The minimum atomic E-state index is -0.695. The third-order valence-corrected chi connectivity index (χ3v) is 3.53. The molecule has 0 spiro atoms. The normalized spacial score (nSPS) is 14.2. The second-order valence-corrected chi connectivity index (χ2v) is 5.71. The molecule has 2 N–H and O–H groups in total. The molecule has 0 radical (unpaired) electrons. The smallest absolute Gasteiger partial charge is 0.127 e. The van der Waals surface area contributed by atoms with E-state index in [1.807, 2.05) is 19.1 Å². The number of halogens is 3. The Morgan fingerprint density at radius 3 is 2.42 bits per heavy atom.